The van der Waals surface area contributed by atoms with Crippen LogP contribution in [0.15, 0.2) is 24.4 Å². The standard InChI is InChI=1S/C11H9ClN4O5/c12-8-5-7(1-2-10(8)16(19)20)21-4-3-15-6-9(11(17)18)13-14-15/h1-2,5-6H,3-4H2,(H,17,18). The lowest BCUT2D eigenvalue weighted by atomic mass is 10.3. The molecule has 1 N–H and O–H groups in total. The lowest BCUT2D eigenvalue weighted by Gasteiger charge is -2.06. The highest BCUT2D eigenvalue weighted by Gasteiger charge is 2.12. The van der Waals surface area contributed by atoms with E-state index in [4.69, 9.17) is 21.4 Å². The van der Waals surface area contributed by atoms with Crippen molar-refractivity contribution in [1.29, 1.82) is 0 Å². The Kier molecular flexibility index (Phi) is 4.33. The molecule has 0 aliphatic rings. The third-order valence-electron chi connectivity index (χ3n) is 2.46. The van der Waals surface area contributed by atoms with E-state index in [0.717, 1.165) is 0 Å². The number of nitro groups is 1. The third kappa shape index (κ3) is 3.66. The van der Waals surface area contributed by atoms with Gasteiger partial charge in [0.05, 0.1) is 17.7 Å². The second-order valence-electron chi connectivity index (χ2n) is 3.89. The van der Waals surface area contributed by atoms with Crippen LogP contribution in [0.3, 0.4) is 0 Å². The zero-order chi connectivity index (χ0) is 15.4. The monoisotopic (exact) mass is 312 g/mol. The summed E-state index contributed by atoms with van der Waals surface area (Å²) in [5, 5.41) is 26.3. The molecule has 10 heteroatoms. The normalized spacial score (nSPS) is 10.3. The van der Waals surface area contributed by atoms with Crippen molar-refractivity contribution in [2.45, 2.75) is 6.54 Å². The predicted molar refractivity (Wildman–Crippen MR) is 70.6 cm³/mol. The second kappa shape index (κ2) is 6.18. The van der Waals surface area contributed by atoms with Crippen LogP contribution in [0.4, 0.5) is 5.69 Å². The van der Waals surface area contributed by atoms with Gasteiger partial charge in [0.2, 0.25) is 0 Å². The quantitative estimate of drug-likeness (QED) is 0.635. The molecule has 0 atom stereocenters. The first-order valence-corrected chi connectivity index (χ1v) is 6.05. The van der Waals surface area contributed by atoms with E-state index in [2.05, 4.69) is 10.3 Å². The van der Waals surface area contributed by atoms with Crippen LogP contribution in [0, 0.1) is 10.1 Å². The number of halogens is 1. The summed E-state index contributed by atoms with van der Waals surface area (Å²) >= 11 is 5.74. The highest BCUT2D eigenvalue weighted by molar-refractivity contribution is 6.32. The molecule has 2 rings (SSSR count). The van der Waals surface area contributed by atoms with E-state index in [0.29, 0.717) is 5.75 Å². The van der Waals surface area contributed by atoms with Crippen LogP contribution in [-0.4, -0.2) is 37.6 Å². The van der Waals surface area contributed by atoms with Gasteiger partial charge in [0.25, 0.3) is 5.69 Å². The number of hydrogen-bond donors (Lipinski definition) is 1. The summed E-state index contributed by atoms with van der Waals surface area (Å²) in [4.78, 5) is 20.6. The molecule has 0 saturated carbocycles. The molecule has 0 saturated heterocycles. The van der Waals surface area contributed by atoms with Gasteiger partial charge in [-0.2, -0.15) is 0 Å². The molecule has 110 valence electrons. The van der Waals surface area contributed by atoms with Crippen LogP contribution in [0.25, 0.3) is 0 Å². The van der Waals surface area contributed by atoms with E-state index in [9.17, 15) is 14.9 Å². The summed E-state index contributed by atoms with van der Waals surface area (Å²) in [5.41, 5.74) is -0.361. The number of carboxylic acid groups (broad SMARTS) is 1. The SMILES string of the molecule is O=C(O)c1cn(CCOc2ccc([N+](=O)[O-])c(Cl)c2)nn1. The predicted octanol–water partition coefficient (Wildman–Crippen LogP) is 1.62. The van der Waals surface area contributed by atoms with Crippen molar-refractivity contribution >= 4 is 23.3 Å². The Morgan fingerprint density at radius 1 is 1.52 bits per heavy atom. The largest absolute Gasteiger partial charge is 0.492 e. The molecule has 21 heavy (non-hydrogen) atoms. The first kappa shape index (κ1) is 14.7. The van der Waals surface area contributed by atoms with Crippen molar-refractivity contribution in [3.8, 4) is 5.75 Å². The van der Waals surface area contributed by atoms with Gasteiger partial charge < -0.3 is 9.84 Å². The molecule has 1 aromatic heterocycles. The number of ether oxygens (including phenoxy) is 1. The zero-order valence-electron chi connectivity index (χ0n) is 10.5. The van der Waals surface area contributed by atoms with Crippen molar-refractivity contribution in [2.24, 2.45) is 0 Å². The fourth-order valence-corrected chi connectivity index (χ4v) is 1.73. The van der Waals surface area contributed by atoms with Crippen LogP contribution in [0.1, 0.15) is 10.5 Å². The molecule has 0 aliphatic heterocycles. The van der Waals surface area contributed by atoms with Gasteiger partial charge in [0.15, 0.2) is 5.69 Å². The number of benzene rings is 1. The average Bonchev–Trinajstić information content (AvgIpc) is 2.87. The van der Waals surface area contributed by atoms with Gasteiger partial charge in [0, 0.05) is 12.1 Å². The maximum atomic E-state index is 10.6. The minimum absolute atomic E-state index is 0.0218. The van der Waals surface area contributed by atoms with Crippen molar-refractivity contribution in [1.82, 2.24) is 15.0 Å². The van der Waals surface area contributed by atoms with Crippen LogP contribution < -0.4 is 4.74 Å². The second-order valence-corrected chi connectivity index (χ2v) is 4.30. The van der Waals surface area contributed by atoms with Crippen molar-refractivity contribution in [3.05, 3.63) is 45.2 Å². The van der Waals surface area contributed by atoms with Gasteiger partial charge in [-0.3, -0.25) is 10.1 Å². The van der Waals surface area contributed by atoms with Gasteiger partial charge in [0.1, 0.15) is 17.4 Å². The molecule has 1 heterocycles. The summed E-state index contributed by atoms with van der Waals surface area (Å²) in [6.45, 7) is 0.450. The first-order valence-electron chi connectivity index (χ1n) is 5.67. The fraction of sp³-hybridized carbons (Fsp3) is 0.182. The van der Waals surface area contributed by atoms with Gasteiger partial charge in [-0.1, -0.05) is 16.8 Å². The van der Waals surface area contributed by atoms with Crippen LogP contribution in [0.2, 0.25) is 5.02 Å². The van der Waals surface area contributed by atoms with Crippen LogP contribution in [-0.2, 0) is 6.54 Å². The van der Waals surface area contributed by atoms with E-state index in [1.165, 1.54) is 29.1 Å². The van der Waals surface area contributed by atoms with E-state index in [1.54, 1.807) is 0 Å². The number of rotatable bonds is 6. The number of carbonyl (C=O) groups is 1. The summed E-state index contributed by atoms with van der Waals surface area (Å²) < 4.78 is 6.67. The lowest BCUT2D eigenvalue weighted by molar-refractivity contribution is -0.384. The zero-order valence-corrected chi connectivity index (χ0v) is 11.2. The number of aromatic carboxylic acids is 1. The molecule has 0 spiro atoms. The highest BCUT2D eigenvalue weighted by Crippen LogP contribution is 2.28. The number of nitrogens with zero attached hydrogens (tertiary/aromatic N) is 4. The van der Waals surface area contributed by atoms with Crippen molar-refractivity contribution in [3.63, 3.8) is 0 Å². The van der Waals surface area contributed by atoms with E-state index >= 15 is 0 Å². The Bertz CT molecular complexity index is 687. The number of aromatic nitrogens is 3. The van der Waals surface area contributed by atoms with Crippen molar-refractivity contribution in [2.75, 3.05) is 6.61 Å². The topological polar surface area (TPSA) is 120 Å². The molecule has 0 radical (unpaired) electrons. The summed E-state index contributed by atoms with van der Waals surface area (Å²) in [7, 11) is 0. The molecule has 0 unspecified atom stereocenters. The number of hydrogen-bond acceptors (Lipinski definition) is 6. The smallest absolute Gasteiger partial charge is 0.358 e. The Morgan fingerprint density at radius 3 is 2.86 bits per heavy atom. The van der Waals surface area contributed by atoms with Gasteiger partial charge in [-0.15, -0.1) is 5.10 Å². The molecule has 0 aliphatic carbocycles. The minimum Gasteiger partial charge on any atom is -0.492 e. The number of carboxylic acids is 1. The molecule has 0 fully saturated rings. The summed E-state index contributed by atoms with van der Waals surface area (Å²) in [6, 6.07) is 4.01. The number of nitro benzene ring substituents is 1. The molecular weight excluding hydrogens is 304 g/mol. The molecule has 9 nitrogen and oxygen atoms in total. The van der Waals surface area contributed by atoms with Gasteiger partial charge in [-0.25, -0.2) is 9.48 Å². The third-order valence-corrected chi connectivity index (χ3v) is 2.77. The van der Waals surface area contributed by atoms with E-state index in [-0.39, 0.29) is 29.6 Å². The fourth-order valence-electron chi connectivity index (χ4n) is 1.49. The molecular formula is C11H9ClN4O5. The summed E-state index contributed by atoms with van der Waals surface area (Å²) in [5.74, 6) is -0.798. The van der Waals surface area contributed by atoms with Crippen molar-refractivity contribution < 1.29 is 19.6 Å². The van der Waals surface area contributed by atoms with Crippen LogP contribution >= 0.6 is 11.6 Å². The van der Waals surface area contributed by atoms with Crippen LogP contribution in [0.5, 0.6) is 5.75 Å². The first-order chi connectivity index (χ1) is 9.97. The molecule has 2 aromatic rings. The Labute approximate surface area is 122 Å². The maximum Gasteiger partial charge on any atom is 0.358 e. The minimum atomic E-state index is -1.16. The van der Waals surface area contributed by atoms with Gasteiger partial charge >= 0.3 is 5.97 Å². The molecule has 1 aromatic carbocycles. The highest BCUT2D eigenvalue weighted by atomic mass is 35.5. The summed E-state index contributed by atoms with van der Waals surface area (Å²) in [6.07, 6.45) is 1.27. The average molecular weight is 313 g/mol. The van der Waals surface area contributed by atoms with E-state index in [1.807, 2.05) is 0 Å². The van der Waals surface area contributed by atoms with Gasteiger partial charge in [-0.05, 0) is 6.07 Å². The maximum absolute atomic E-state index is 10.6. The Hall–Kier alpha value is -2.68. The lowest BCUT2D eigenvalue weighted by Crippen LogP contribution is -2.08. The van der Waals surface area contributed by atoms with E-state index < -0.39 is 10.9 Å². The molecule has 0 bridgehead atoms. The molecule has 0 amide bonds. The Balaban J connectivity index is 1.92. The Morgan fingerprint density at radius 2 is 2.29 bits per heavy atom.